The van der Waals surface area contributed by atoms with Crippen molar-refractivity contribution >= 4 is 27.7 Å². The summed E-state index contributed by atoms with van der Waals surface area (Å²) in [7, 11) is -3.94. The Morgan fingerprint density at radius 3 is 2.41 bits per heavy atom. The Morgan fingerprint density at radius 2 is 1.70 bits per heavy atom. The highest BCUT2D eigenvalue weighted by molar-refractivity contribution is 7.90. The quantitative estimate of drug-likeness (QED) is 0.248. The van der Waals surface area contributed by atoms with E-state index in [0.717, 1.165) is 45.7 Å². The minimum Gasteiger partial charge on any atom is -0.379 e. The SMILES string of the molecule is Cc1ccn2c(NC(C)(C)CC(C)(C)C)c(-c3cccc(OS(=O)(=O)C=Cc4ccccc4)c3)nc2c1. The Balaban J connectivity index is 1.70. The van der Waals surface area contributed by atoms with E-state index >= 15 is 0 Å². The second-order valence-corrected chi connectivity index (χ2v) is 12.7. The molecule has 7 heteroatoms. The van der Waals surface area contributed by atoms with Crippen molar-refractivity contribution in [3.8, 4) is 17.0 Å². The molecule has 0 radical (unpaired) electrons. The van der Waals surface area contributed by atoms with E-state index in [4.69, 9.17) is 9.17 Å². The maximum Gasteiger partial charge on any atom is 0.332 e. The van der Waals surface area contributed by atoms with Crippen molar-refractivity contribution in [1.82, 2.24) is 9.38 Å². The highest BCUT2D eigenvalue weighted by Crippen LogP contribution is 2.36. The molecule has 0 saturated carbocycles. The third kappa shape index (κ3) is 7.01. The molecular weight excluding hydrogens is 482 g/mol. The zero-order valence-electron chi connectivity index (χ0n) is 22.3. The monoisotopic (exact) mass is 517 g/mol. The lowest BCUT2D eigenvalue weighted by atomic mass is 9.82. The molecule has 0 saturated heterocycles. The molecule has 2 aromatic carbocycles. The molecule has 1 N–H and O–H groups in total. The van der Waals surface area contributed by atoms with Crippen molar-refractivity contribution in [1.29, 1.82) is 0 Å². The van der Waals surface area contributed by atoms with Gasteiger partial charge in [0.05, 0.1) is 5.41 Å². The number of benzene rings is 2. The van der Waals surface area contributed by atoms with E-state index in [9.17, 15) is 8.42 Å². The van der Waals surface area contributed by atoms with Crippen LogP contribution in [0.2, 0.25) is 0 Å². The maximum absolute atomic E-state index is 12.6. The number of anilines is 1. The molecule has 0 aliphatic rings. The number of pyridine rings is 1. The zero-order valence-corrected chi connectivity index (χ0v) is 23.1. The fourth-order valence-corrected chi connectivity index (χ4v) is 5.49. The lowest BCUT2D eigenvalue weighted by Gasteiger charge is -2.34. The van der Waals surface area contributed by atoms with Gasteiger partial charge in [-0.2, -0.15) is 8.42 Å². The maximum atomic E-state index is 12.6. The Hall–Kier alpha value is -3.58. The fraction of sp³-hybridized carbons (Fsp3) is 0.300. The molecule has 4 aromatic rings. The summed E-state index contributed by atoms with van der Waals surface area (Å²) in [5.74, 6) is 1.08. The van der Waals surface area contributed by atoms with Crippen molar-refractivity contribution < 1.29 is 12.6 Å². The van der Waals surface area contributed by atoms with Gasteiger partial charge in [0.2, 0.25) is 0 Å². The zero-order chi connectivity index (χ0) is 26.8. The first-order valence-electron chi connectivity index (χ1n) is 12.4. The van der Waals surface area contributed by atoms with Crippen molar-refractivity contribution in [2.24, 2.45) is 5.41 Å². The Morgan fingerprint density at radius 1 is 0.973 bits per heavy atom. The standard InChI is InChI=1S/C30H35N3O3S/c1-22-15-17-33-26(19-22)31-27(28(33)32-30(5,6)21-29(2,3)4)24-13-10-14-25(20-24)36-37(34,35)18-16-23-11-8-7-9-12-23/h7-20,32H,21H2,1-6H3. The van der Waals surface area contributed by atoms with E-state index in [0.29, 0.717) is 0 Å². The summed E-state index contributed by atoms with van der Waals surface area (Å²) in [6, 6.07) is 20.3. The molecule has 0 aliphatic carbocycles. The second kappa shape index (κ2) is 10.1. The number of nitrogens with zero attached hydrogens (tertiary/aromatic N) is 2. The van der Waals surface area contributed by atoms with Crippen molar-refractivity contribution in [2.45, 2.75) is 53.5 Å². The number of imidazole rings is 1. The first kappa shape index (κ1) is 26.5. The summed E-state index contributed by atoms with van der Waals surface area (Å²) < 4.78 is 32.7. The molecule has 0 amide bonds. The highest BCUT2D eigenvalue weighted by Gasteiger charge is 2.28. The van der Waals surface area contributed by atoms with E-state index < -0.39 is 10.1 Å². The van der Waals surface area contributed by atoms with Gasteiger partial charge in [-0.15, -0.1) is 0 Å². The molecule has 4 rings (SSSR count). The first-order valence-corrected chi connectivity index (χ1v) is 13.8. The van der Waals surface area contributed by atoms with E-state index in [1.807, 2.05) is 66.1 Å². The summed E-state index contributed by atoms with van der Waals surface area (Å²) in [4.78, 5) is 4.92. The number of aryl methyl sites for hydroxylation is 1. The van der Waals surface area contributed by atoms with Crippen LogP contribution >= 0.6 is 0 Å². The van der Waals surface area contributed by atoms with E-state index in [1.165, 1.54) is 6.08 Å². The van der Waals surface area contributed by atoms with Crippen LogP contribution in [0.4, 0.5) is 5.82 Å². The summed E-state index contributed by atoms with van der Waals surface area (Å²) in [6.07, 6.45) is 4.46. The molecule has 0 fully saturated rings. The minimum atomic E-state index is -3.94. The number of hydrogen-bond acceptors (Lipinski definition) is 5. The normalized spacial score (nSPS) is 12.8. The average Bonchev–Trinajstić information content (AvgIpc) is 3.13. The molecule has 37 heavy (non-hydrogen) atoms. The van der Waals surface area contributed by atoms with Crippen LogP contribution in [0.5, 0.6) is 5.75 Å². The van der Waals surface area contributed by atoms with Crippen LogP contribution in [-0.4, -0.2) is 23.3 Å². The van der Waals surface area contributed by atoms with E-state index in [2.05, 4.69) is 39.9 Å². The van der Waals surface area contributed by atoms with Gasteiger partial charge in [-0.3, -0.25) is 4.40 Å². The van der Waals surface area contributed by atoms with E-state index in [1.54, 1.807) is 18.2 Å². The van der Waals surface area contributed by atoms with Crippen LogP contribution in [0.15, 0.2) is 78.3 Å². The molecule has 0 atom stereocenters. The molecule has 6 nitrogen and oxygen atoms in total. The van der Waals surface area contributed by atoms with Crippen molar-refractivity contribution in [3.05, 3.63) is 89.5 Å². The molecule has 0 aliphatic heterocycles. The van der Waals surface area contributed by atoms with Gasteiger partial charge < -0.3 is 9.50 Å². The lowest BCUT2D eigenvalue weighted by Crippen LogP contribution is -2.36. The number of rotatable bonds is 8. The van der Waals surface area contributed by atoms with Crippen LogP contribution in [-0.2, 0) is 10.1 Å². The van der Waals surface area contributed by atoms with Gasteiger partial charge in [-0.25, -0.2) is 4.98 Å². The molecular formula is C30H35N3O3S. The van der Waals surface area contributed by atoms with Crippen molar-refractivity contribution in [3.63, 3.8) is 0 Å². The molecule has 2 aromatic heterocycles. The lowest BCUT2D eigenvalue weighted by molar-refractivity contribution is 0.302. The van der Waals surface area contributed by atoms with Gasteiger partial charge in [0, 0.05) is 17.3 Å². The molecule has 0 spiro atoms. The molecule has 0 bridgehead atoms. The van der Waals surface area contributed by atoms with Gasteiger partial charge in [0.25, 0.3) is 0 Å². The number of fused-ring (bicyclic) bond motifs is 1. The summed E-state index contributed by atoms with van der Waals surface area (Å²) in [5.41, 5.74) is 4.10. The summed E-state index contributed by atoms with van der Waals surface area (Å²) >= 11 is 0. The smallest absolute Gasteiger partial charge is 0.332 e. The topological polar surface area (TPSA) is 72.7 Å². The Bertz CT molecular complexity index is 1530. The van der Waals surface area contributed by atoms with Gasteiger partial charge >= 0.3 is 10.1 Å². The van der Waals surface area contributed by atoms with Crippen LogP contribution in [0.25, 0.3) is 23.0 Å². The molecule has 0 unspecified atom stereocenters. The largest absolute Gasteiger partial charge is 0.379 e. The van der Waals surface area contributed by atoms with Crippen LogP contribution in [0.3, 0.4) is 0 Å². The molecule has 194 valence electrons. The van der Waals surface area contributed by atoms with Crippen LogP contribution in [0.1, 0.15) is 52.2 Å². The fourth-order valence-electron chi connectivity index (χ4n) is 4.74. The average molecular weight is 518 g/mol. The number of hydrogen-bond donors (Lipinski definition) is 1. The Kier molecular flexibility index (Phi) is 7.20. The highest BCUT2D eigenvalue weighted by atomic mass is 32.2. The van der Waals surface area contributed by atoms with Gasteiger partial charge in [-0.05, 0) is 74.1 Å². The van der Waals surface area contributed by atoms with Gasteiger partial charge in [0.15, 0.2) is 0 Å². The van der Waals surface area contributed by atoms with Gasteiger partial charge in [0.1, 0.15) is 22.9 Å². The molecule has 2 heterocycles. The summed E-state index contributed by atoms with van der Waals surface area (Å²) in [5, 5.41) is 4.79. The minimum absolute atomic E-state index is 0.128. The first-order chi connectivity index (χ1) is 17.3. The summed E-state index contributed by atoms with van der Waals surface area (Å²) in [6.45, 7) is 13.1. The predicted octanol–water partition coefficient (Wildman–Crippen LogP) is 7.32. The van der Waals surface area contributed by atoms with Crippen molar-refractivity contribution in [2.75, 3.05) is 5.32 Å². The number of aromatic nitrogens is 2. The second-order valence-electron chi connectivity index (χ2n) is 11.3. The third-order valence-electron chi connectivity index (χ3n) is 5.76. The van der Waals surface area contributed by atoms with Crippen LogP contribution < -0.4 is 9.50 Å². The van der Waals surface area contributed by atoms with E-state index in [-0.39, 0.29) is 16.7 Å². The van der Waals surface area contributed by atoms with Crippen LogP contribution in [0, 0.1) is 12.3 Å². The Labute approximate surface area is 220 Å². The predicted molar refractivity (Wildman–Crippen MR) is 152 cm³/mol. The number of nitrogens with one attached hydrogen (secondary N) is 1. The third-order valence-corrected chi connectivity index (χ3v) is 6.65. The van der Waals surface area contributed by atoms with Gasteiger partial charge in [-0.1, -0.05) is 63.2 Å².